The molecule has 4 aromatic carbocycles. The molecule has 0 atom stereocenters. The lowest BCUT2D eigenvalue weighted by Crippen LogP contribution is -1.95. The summed E-state index contributed by atoms with van der Waals surface area (Å²) in [6.45, 7) is 2.46. The lowest BCUT2D eigenvalue weighted by molar-refractivity contribution is -0.120. The van der Waals surface area contributed by atoms with Crippen LogP contribution in [0.2, 0.25) is 0 Å². The third-order valence-electron chi connectivity index (χ3n) is 5.15. The third-order valence-corrected chi connectivity index (χ3v) is 5.15. The molecule has 0 unspecified atom stereocenters. The van der Waals surface area contributed by atoms with Gasteiger partial charge in [0, 0.05) is 0 Å². The number of benzene rings is 4. The number of carbonyl (C=O) groups excluding carboxylic acids is 1. The molecule has 0 heterocycles. The SMILES string of the molecule is Cc1ccc(-c2cc(-c3ccc(OC=O)cc3)cc(-c3ccc(C(=O)O)cc3)c2)cc1. The smallest absolute Gasteiger partial charge is 0.335 e. The van der Waals surface area contributed by atoms with Crippen molar-refractivity contribution in [2.75, 3.05) is 0 Å². The molecule has 0 fully saturated rings. The molecule has 0 spiro atoms. The summed E-state index contributed by atoms with van der Waals surface area (Å²) in [5.74, 6) is -0.462. The average Bonchev–Trinajstić information content (AvgIpc) is 2.80. The molecule has 0 radical (unpaired) electrons. The number of aromatic carboxylic acids is 1. The van der Waals surface area contributed by atoms with Crippen LogP contribution in [0.1, 0.15) is 15.9 Å². The molecule has 0 saturated heterocycles. The van der Waals surface area contributed by atoms with Crippen molar-refractivity contribution in [3.63, 3.8) is 0 Å². The summed E-state index contributed by atoms with van der Waals surface area (Å²) in [7, 11) is 0. The van der Waals surface area contributed by atoms with Gasteiger partial charge >= 0.3 is 5.97 Å². The number of hydrogen-bond donors (Lipinski definition) is 1. The van der Waals surface area contributed by atoms with E-state index in [0.29, 0.717) is 12.2 Å². The molecule has 0 saturated carbocycles. The number of hydrogen-bond acceptors (Lipinski definition) is 3. The van der Waals surface area contributed by atoms with Gasteiger partial charge < -0.3 is 9.84 Å². The minimum absolute atomic E-state index is 0.254. The fourth-order valence-electron chi connectivity index (χ4n) is 3.46. The number of carboxylic acids is 1. The highest BCUT2D eigenvalue weighted by Crippen LogP contribution is 2.33. The van der Waals surface area contributed by atoms with E-state index < -0.39 is 5.97 Å². The van der Waals surface area contributed by atoms with Crippen LogP contribution in [-0.2, 0) is 4.79 Å². The molecule has 0 aliphatic heterocycles. The first-order valence-corrected chi connectivity index (χ1v) is 9.80. The zero-order valence-corrected chi connectivity index (χ0v) is 16.9. The predicted molar refractivity (Wildman–Crippen MR) is 121 cm³/mol. The van der Waals surface area contributed by atoms with Crippen molar-refractivity contribution < 1.29 is 19.4 Å². The molecule has 152 valence electrons. The van der Waals surface area contributed by atoms with Gasteiger partial charge in [0.2, 0.25) is 0 Å². The van der Waals surface area contributed by atoms with E-state index >= 15 is 0 Å². The van der Waals surface area contributed by atoms with E-state index in [-0.39, 0.29) is 5.56 Å². The summed E-state index contributed by atoms with van der Waals surface area (Å²) in [5.41, 5.74) is 7.50. The van der Waals surface area contributed by atoms with Gasteiger partial charge in [-0.1, -0.05) is 54.1 Å². The normalized spacial score (nSPS) is 10.5. The Hall–Kier alpha value is -4.18. The van der Waals surface area contributed by atoms with Crippen molar-refractivity contribution in [3.8, 4) is 39.1 Å². The van der Waals surface area contributed by atoms with Crippen LogP contribution < -0.4 is 4.74 Å². The second kappa shape index (κ2) is 8.67. The van der Waals surface area contributed by atoms with Gasteiger partial charge in [-0.25, -0.2) is 4.79 Å². The van der Waals surface area contributed by atoms with Gasteiger partial charge in [-0.2, -0.15) is 0 Å². The van der Waals surface area contributed by atoms with E-state index in [0.717, 1.165) is 33.4 Å². The number of carboxylic acid groups (broad SMARTS) is 1. The molecule has 31 heavy (non-hydrogen) atoms. The quantitative estimate of drug-likeness (QED) is 0.384. The standard InChI is InChI=1S/C27H20O4/c1-18-2-4-19(5-3-18)23-14-24(20-6-8-22(9-7-20)27(29)30)16-25(15-23)21-10-12-26(13-11-21)31-17-28/h2-17H,1H3,(H,29,30). The van der Waals surface area contributed by atoms with Crippen molar-refractivity contribution in [1.29, 1.82) is 0 Å². The van der Waals surface area contributed by atoms with Crippen molar-refractivity contribution in [2.24, 2.45) is 0 Å². The molecule has 4 aromatic rings. The van der Waals surface area contributed by atoms with E-state index in [1.54, 1.807) is 24.3 Å². The largest absolute Gasteiger partial charge is 0.478 e. The third kappa shape index (κ3) is 4.54. The maximum atomic E-state index is 11.2. The van der Waals surface area contributed by atoms with Crippen LogP contribution in [0.25, 0.3) is 33.4 Å². The number of aryl methyl sites for hydroxylation is 1. The Balaban J connectivity index is 1.82. The summed E-state index contributed by atoms with van der Waals surface area (Å²) in [4.78, 5) is 21.8. The Labute approximate surface area is 180 Å². The Morgan fingerprint density at radius 1 is 0.677 bits per heavy atom. The van der Waals surface area contributed by atoms with Crippen molar-refractivity contribution in [1.82, 2.24) is 0 Å². The van der Waals surface area contributed by atoms with Crippen LogP contribution in [0.15, 0.2) is 91.0 Å². The van der Waals surface area contributed by atoms with Crippen molar-refractivity contribution in [3.05, 3.63) is 102 Å². The highest BCUT2D eigenvalue weighted by Gasteiger charge is 2.09. The van der Waals surface area contributed by atoms with Crippen LogP contribution in [0.3, 0.4) is 0 Å². The molecule has 0 aliphatic carbocycles. The van der Waals surface area contributed by atoms with Gasteiger partial charge in [0.15, 0.2) is 0 Å². The summed E-state index contributed by atoms with van der Waals surface area (Å²) >= 11 is 0. The zero-order valence-electron chi connectivity index (χ0n) is 16.9. The molecule has 4 rings (SSSR count). The number of rotatable bonds is 6. The highest BCUT2D eigenvalue weighted by atomic mass is 16.5. The molecule has 0 aromatic heterocycles. The lowest BCUT2D eigenvalue weighted by Gasteiger charge is -2.12. The second-order valence-corrected chi connectivity index (χ2v) is 7.29. The minimum atomic E-state index is -0.946. The summed E-state index contributed by atoms with van der Waals surface area (Å²) < 4.78 is 4.90. The summed E-state index contributed by atoms with van der Waals surface area (Å²) in [6, 6.07) is 28.8. The summed E-state index contributed by atoms with van der Waals surface area (Å²) in [6.07, 6.45) is 0. The van der Waals surface area contributed by atoms with Gasteiger partial charge in [-0.05, 0) is 82.8 Å². The second-order valence-electron chi connectivity index (χ2n) is 7.29. The van der Waals surface area contributed by atoms with Crippen LogP contribution in [-0.4, -0.2) is 17.5 Å². The van der Waals surface area contributed by atoms with Crippen LogP contribution in [0, 0.1) is 6.92 Å². The minimum Gasteiger partial charge on any atom is -0.478 e. The van der Waals surface area contributed by atoms with Crippen LogP contribution in [0.4, 0.5) is 0 Å². The molecular weight excluding hydrogens is 388 g/mol. The van der Waals surface area contributed by atoms with Crippen molar-refractivity contribution >= 4 is 12.4 Å². The molecule has 0 amide bonds. The first-order valence-electron chi connectivity index (χ1n) is 9.80. The highest BCUT2D eigenvalue weighted by molar-refractivity contribution is 5.89. The molecular formula is C27H20O4. The van der Waals surface area contributed by atoms with Crippen molar-refractivity contribution in [2.45, 2.75) is 6.92 Å². The lowest BCUT2D eigenvalue weighted by atomic mass is 9.93. The van der Waals surface area contributed by atoms with Gasteiger partial charge in [0.1, 0.15) is 5.75 Å². The average molecular weight is 408 g/mol. The molecule has 1 N–H and O–H groups in total. The van der Waals surface area contributed by atoms with Gasteiger partial charge in [-0.3, -0.25) is 4.79 Å². The van der Waals surface area contributed by atoms with Gasteiger partial charge in [0.25, 0.3) is 6.47 Å². The Kier molecular flexibility index (Phi) is 5.63. The molecule has 4 heteroatoms. The van der Waals surface area contributed by atoms with Gasteiger partial charge in [-0.15, -0.1) is 0 Å². The zero-order chi connectivity index (χ0) is 21.8. The topological polar surface area (TPSA) is 63.6 Å². The van der Waals surface area contributed by atoms with Crippen LogP contribution in [0.5, 0.6) is 5.75 Å². The first-order chi connectivity index (χ1) is 15.0. The van der Waals surface area contributed by atoms with E-state index in [2.05, 4.69) is 49.4 Å². The number of carbonyl (C=O) groups is 2. The Bertz CT molecular complexity index is 1220. The molecule has 0 bridgehead atoms. The maximum absolute atomic E-state index is 11.2. The van der Waals surface area contributed by atoms with E-state index in [9.17, 15) is 14.7 Å². The first kappa shape index (κ1) is 20.1. The maximum Gasteiger partial charge on any atom is 0.335 e. The Morgan fingerprint density at radius 2 is 1.10 bits per heavy atom. The Morgan fingerprint density at radius 3 is 1.52 bits per heavy atom. The van der Waals surface area contributed by atoms with Gasteiger partial charge in [0.05, 0.1) is 5.56 Å². The fourth-order valence-corrected chi connectivity index (χ4v) is 3.46. The van der Waals surface area contributed by atoms with Crippen LogP contribution >= 0.6 is 0 Å². The molecule has 0 aliphatic rings. The van der Waals surface area contributed by atoms with E-state index in [1.807, 2.05) is 24.3 Å². The predicted octanol–water partition coefficient (Wildman–Crippen LogP) is 6.23. The summed E-state index contributed by atoms with van der Waals surface area (Å²) in [5, 5.41) is 9.18. The van der Waals surface area contributed by atoms with E-state index in [1.165, 1.54) is 5.56 Å². The number of ether oxygens (including phenoxy) is 1. The fraction of sp³-hybridized carbons (Fsp3) is 0.0370. The van der Waals surface area contributed by atoms with E-state index in [4.69, 9.17) is 4.74 Å². The monoisotopic (exact) mass is 408 g/mol. The molecule has 4 nitrogen and oxygen atoms in total.